The van der Waals surface area contributed by atoms with Crippen LogP contribution in [0.4, 0.5) is 10.6 Å². The topological polar surface area (TPSA) is 148 Å². The lowest BCUT2D eigenvalue weighted by atomic mass is 9.90. The Morgan fingerprint density at radius 1 is 1.32 bits per heavy atom. The van der Waals surface area contributed by atoms with Crippen molar-refractivity contribution in [3.63, 3.8) is 0 Å². The molecule has 10 heteroatoms. The van der Waals surface area contributed by atoms with Crippen LogP contribution in [0.3, 0.4) is 0 Å². The number of nitrogens with one attached hydrogen (secondary N) is 2. The highest BCUT2D eigenvalue weighted by Gasteiger charge is 2.48. The summed E-state index contributed by atoms with van der Waals surface area (Å²) in [5, 5.41) is 8.79. The summed E-state index contributed by atoms with van der Waals surface area (Å²) in [6, 6.07) is 7.11. The molecule has 1 saturated heterocycles. The number of carbonyl (C=O) groups excluding carboxylic acids is 4. The summed E-state index contributed by atoms with van der Waals surface area (Å²) in [7, 11) is 0. The molecule has 1 aliphatic heterocycles. The summed E-state index contributed by atoms with van der Waals surface area (Å²) < 4.78 is 4.85. The summed E-state index contributed by atoms with van der Waals surface area (Å²) >= 11 is 0. The quantitative estimate of drug-likeness (QED) is 0.629. The molecule has 1 fully saturated rings. The third kappa shape index (κ3) is 3.56. The first-order chi connectivity index (χ1) is 13.2. The van der Waals surface area contributed by atoms with Gasteiger partial charge in [0.1, 0.15) is 11.3 Å². The monoisotopic (exact) mass is 385 g/mol. The molecule has 146 valence electrons. The Kier molecular flexibility index (Phi) is 4.87. The number of aryl methyl sites for hydroxylation is 1. The van der Waals surface area contributed by atoms with Crippen molar-refractivity contribution in [1.82, 2.24) is 15.4 Å². The lowest BCUT2D eigenvalue weighted by molar-refractivity contribution is -0.131. The van der Waals surface area contributed by atoms with Gasteiger partial charge in [0, 0.05) is 24.6 Å². The fraction of sp³-hybridized carbons (Fsp3) is 0.278. The number of nitrogens with two attached hydrogens (primary N) is 1. The van der Waals surface area contributed by atoms with Crippen LogP contribution in [0.15, 0.2) is 34.9 Å². The minimum Gasteiger partial charge on any atom is -0.366 e. The molecule has 3 rings (SSSR count). The minimum absolute atomic E-state index is 0.109. The molecular formula is C18H19N5O5. The molecule has 1 aliphatic rings. The Labute approximate surface area is 160 Å². The van der Waals surface area contributed by atoms with Crippen LogP contribution in [0.25, 0.3) is 0 Å². The summed E-state index contributed by atoms with van der Waals surface area (Å²) in [6.07, 6.45) is -0.109. The third-order valence-corrected chi connectivity index (χ3v) is 4.46. The van der Waals surface area contributed by atoms with Gasteiger partial charge in [0.05, 0.1) is 0 Å². The second-order valence-corrected chi connectivity index (χ2v) is 6.58. The average Bonchev–Trinajstić information content (AvgIpc) is 3.15. The first kappa shape index (κ1) is 19.1. The standard InChI is InChI=1S/C18H19N5O5/c1-10-8-13(22-28-10)20-14(24)6-7-23-16(26)18(2,21-17(23)27)12-5-3-4-11(9-12)15(19)25/h3-5,8-9H,6-7H2,1-2H3,(H2,19,25)(H,21,27)(H,20,22,24)/t18-/m0/s1. The molecule has 0 spiro atoms. The van der Waals surface area contributed by atoms with Crippen molar-refractivity contribution < 1.29 is 23.7 Å². The Balaban J connectivity index is 1.70. The minimum atomic E-state index is -1.36. The first-order valence-corrected chi connectivity index (χ1v) is 8.48. The molecule has 0 saturated carbocycles. The SMILES string of the molecule is Cc1cc(NC(=O)CCN2C(=O)N[C@@](C)(c3cccc(C(N)=O)c3)C2=O)no1. The van der Waals surface area contributed by atoms with E-state index in [2.05, 4.69) is 15.8 Å². The highest BCUT2D eigenvalue weighted by molar-refractivity contribution is 6.07. The molecule has 1 aromatic carbocycles. The molecule has 0 unspecified atom stereocenters. The van der Waals surface area contributed by atoms with Crippen molar-refractivity contribution in [2.75, 3.05) is 11.9 Å². The average molecular weight is 385 g/mol. The lowest BCUT2D eigenvalue weighted by Gasteiger charge is -2.22. The van der Waals surface area contributed by atoms with E-state index in [0.717, 1.165) is 4.90 Å². The predicted molar refractivity (Wildman–Crippen MR) is 97.0 cm³/mol. The molecule has 0 radical (unpaired) electrons. The second kappa shape index (κ2) is 7.14. The number of urea groups is 1. The number of aromatic nitrogens is 1. The van der Waals surface area contributed by atoms with Gasteiger partial charge in [0.15, 0.2) is 5.82 Å². The number of imide groups is 1. The normalized spacial score (nSPS) is 18.9. The number of hydrogen-bond donors (Lipinski definition) is 3. The van der Waals surface area contributed by atoms with Crippen molar-refractivity contribution in [3.8, 4) is 0 Å². The van der Waals surface area contributed by atoms with Gasteiger partial charge in [-0.05, 0) is 31.5 Å². The maximum Gasteiger partial charge on any atom is 0.325 e. The largest absolute Gasteiger partial charge is 0.366 e. The van der Waals surface area contributed by atoms with Crippen molar-refractivity contribution in [3.05, 3.63) is 47.2 Å². The zero-order valence-electron chi connectivity index (χ0n) is 15.3. The van der Waals surface area contributed by atoms with E-state index in [1.165, 1.54) is 19.1 Å². The van der Waals surface area contributed by atoms with E-state index in [0.29, 0.717) is 11.3 Å². The third-order valence-electron chi connectivity index (χ3n) is 4.46. The van der Waals surface area contributed by atoms with Crippen LogP contribution in [0, 0.1) is 6.92 Å². The van der Waals surface area contributed by atoms with Crippen molar-refractivity contribution in [2.45, 2.75) is 25.8 Å². The number of anilines is 1. The van der Waals surface area contributed by atoms with Crippen LogP contribution in [-0.4, -0.2) is 40.4 Å². The number of hydrogen-bond acceptors (Lipinski definition) is 6. The van der Waals surface area contributed by atoms with Gasteiger partial charge >= 0.3 is 6.03 Å². The Bertz CT molecular complexity index is 969. The molecule has 4 N–H and O–H groups in total. The summed E-state index contributed by atoms with van der Waals surface area (Å²) in [5.74, 6) is -0.785. The van der Waals surface area contributed by atoms with Gasteiger partial charge in [0.2, 0.25) is 11.8 Å². The molecular weight excluding hydrogens is 366 g/mol. The van der Waals surface area contributed by atoms with E-state index in [1.807, 2.05) is 0 Å². The summed E-state index contributed by atoms with van der Waals surface area (Å²) in [5.41, 5.74) is 4.57. The fourth-order valence-corrected chi connectivity index (χ4v) is 2.92. The van der Waals surface area contributed by atoms with Crippen LogP contribution in [0.1, 0.15) is 35.0 Å². The maximum atomic E-state index is 12.9. The number of nitrogens with zero attached hydrogens (tertiary/aromatic N) is 2. The Morgan fingerprint density at radius 2 is 2.07 bits per heavy atom. The molecule has 1 atom stereocenters. The van der Waals surface area contributed by atoms with Crippen molar-refractivity contribution in [2.24, 2.45) is 5.73 Å². The van der Waals surface area contributed by atoms with E-state index >= 15 is 0 Å². The van der Waals surface area contributed by atoms with Gasteiger partial charge in [-0.1, -0.05) is 17.3 Å². The maximum absolute atomic E-state index is 12.9. The van der Waals surface area contributed by atoms with E-state index in [1.54, 1.807) is 25.1 Å². The van der Waals surface area contributed by atoms with Gasteiger partial charge in [-0.3, -0.25) is 19.3 Å². The first-order valence-electron chi connectivity index (χ1n) is 8.48. The highest BCUT2D eigenvalue weighted by atomic mass is 16.5. The van der Waals surface area contributed by atoms with Gasteiger partial charge in [-0.2, -0.15) is 0 Å². The van der Waals surface area contributed by atoms with Crippen LogP contribution < -0.4 is 16.4 Å². The number of amides is 5. The number of benzene rings is 1. The number of carbonyl (C=O) groups is 4. The number of rotatable bonds is 6. The van der Waals surface area contributed by atoms with E-state index in [-0.39, 0.29) is 24.3 Å². The highest BCUT2D eigenvalue weighted by Crippen LogP contribution is 2.29. The van der Waals surface area contributed by atoms with Crippen molar-refractivity contribution in [1.29, 1.82) is 0 Å². The molecule has 10 nitrogen and oxygen atoms in total. The van der Waals surface area contributed by atoms with Gasteiger partial charge < -0.3 is 20.9 Å². The van der Waals surface area contributed by atoms with Crippen LogP contribution in [0.2, 0.25) is 0 Å². The van der Waals surface area contributed by atoms with Gasteiger partial charge in [-0.25, -0.2) is 4.79 Å². The second-order valence-electron chi connectivity index (χ2n) is 6.58. The molecule has 0 aliphatic carbocycles. The van der Waals surface area contributed by atoms with E-state index in [4.69, 9.17) is 10.3 Å². The Morgan fingerprint density at radius 3 is 2.71 bits per heavy atom. The summed E-state index contributed by atoms with van der Waals surface area (Å²) in [6.45, 7) is 3.11. The molecule has 2 aromatic rings. The fourth-order valence-electron chi connectivity index (χ4n) is 2.92. The molecule has 0 bridgehead atoms. The summed E-state index contributed by atoms with van der Waals surface area (Å²) in [4.78, 5) is 49.6. The zero-order chi connectivity index (χ0) is 20.5. The van der Waals surface area contributed by atoms with E-state index < -0.39 is 29.3 Å². The Hall–Kier alpha value is -3.69. The molecule has 1 aromatic heterocycles. The van der Waals surface area contributed by atoms with Crippen LogP contribution in [-0.2, 0) is 15.1 Å². The van der Waals surface area contributed by atoms with Crippen molar-refractivity contribution >= 4 is 29.6 Å². The van der Waals surface area contributed by atoms with Gasteiger partial charge in [0.25, 0.3) is 5.91 Å². The van der Waals surface area contributed by atoms with E-state index in [9.17, 15) is 19.2 Å². The lowest BCUT2D eigenvalue weighted by Crippen LogP contribution is -2.41. The molecule has 2 heterocycles. The van der Waals surface area contributed by atoms with Crippen LogP contribution in [0.5, 0.6) is 0 Å². The molecule has 28 heavy (non-hydrogen) atoms. The molecule has 5 amide bonds. The van der Waals surface area contributed by atoms with Gasteiger partial charge in [-0.15, -0.1) is 0 Å². The zero-order valence-corrected chi connectivity index (χ0v) is 15.3. The number of primary amides is 1. The van der Waals surface area contributed by atoms with Crippen LogP contribution >= 0.6 is 0 Å². The predicted octanol–water partition coefficient (Wildman–Crippen LogP) is 0.878. The smallest absolute Gasteiger partial charge is 0.325 e.